The first-order valence-electron chi connectivity index (χ1n) is 7.47. The Labute approximate surface area is 124 Å². The molecule has 5 heteroatoms. The number of thiophene rings is 1. The van der Waals surface area contributed by atoms with Crippen molar-refractivity contribution in [2.75, 3.05) is 17.2 Å². The van der Waals surface area contributed by atoms with Gasteiger partial charge in [-0.15, -0.1) is 11.3 Å². The van der Waals surface area contributed by atoms with Crippen molar-refractivity contribution in [3.8, 4) is 0 Å². The third-order valence-corrected chi connectivity index (χ3v) is 4.84. The second-order valence-electron chi connectivity index (χ2n) is 5.81. The minimum absolute atomic E-state index is 0.172. The molecule has 0 aromatic carbocycles. The lowest BCUT2D eigenvalue weighted by molar-refractivity contribution is 0.349. The summed E-state index contributed by atoms with van der Waals surface area (Å²) in [5.41, 5.74) is 0.172. The first kappa shape index (κ1) is 13.6. The highest BCUT2D eigenvalue weighted by Crippen LogP contribution is 2.34. The zero-order chi connectivity index (χ0) is 14.0. The number of hydrogen-bond donors (Lipinski definition) is 2. The summed E-state index contributed by atoms with van der Waals surface area (Å²) in [4.78, 5) is 10.3. The van der Waals surface area contributed by atoms with E-state index in [1.165, 1.54) is 32.1 Å². The number of fused-ring (bicyclic) bond motifs is 1. The highest BCUT2D eigenvalue weighted by Gasteiger charge is 2.27. The molecular formula is C15H22N4S. The van der Waals surface area contributed by atoms with Crippen LogP contribution in [0, 0.1) is 0 Å². The predicted molar refractivity (Wildman–Crippen MR) is 86.7 cm³/mol. The van der Waals surface area contributed by atoms with Gasteiger partial charge in [-0.05, 0) is 38.1 Å². The molecule has 1 aliphatic carbocycles. The largest absolute Gasteiger partial charge is 0.364 e. The van der Waals surface area contributed by atoms with Crippen LogP contribution in [0.2, 0.25) is 0 Å². The number of nitrogens with one attached hydrogen (secondary N) is 2. The summed E-state index contributed by atoms with van der Waals surface area (Å²) in [6.07, 6.45) is 6.42. The second kappa shape index (κ2) is 5.56. The van der Waals surface area contributed by atoms with Crippen LogP contribution in [0.5, 0.6) is 0 Å². The van der Waals surface area contributed by atoms with Crippen LogP contribution >= 0.6 is 11.3 Å². The minimum atomic E-state index is 0.172. The molecule has 0 unspecified atom stereocenters. The van der Waals surface area contributed by atoms with Gasteiger partial charge in [-0.2, -0.15) is 4.98 Å². The third-order valence-electron chi connectivity index (χ3n) is 4.04. The van der Waals surface area contributed by atoms with E-state index in [0.717, 1.165) is 28.5 Å². The zero-order valence-electron chi connectivity index (χ0n) is 12.2. The Morgan fingerprint density at radius 1 is 1.25 bits per heavy atom. The van der Waals surface area contributed by atoms with Crippen LogP contribution in [0.25, 0.3) is 10.2 Å². The van der Waals surface area contributed by atoms with Gasteiger partial charge in [-0.3, -0.25) is 0 Å². The van der Waals surface area contributed by atoms with Crippen LogP contribution in [0.3, 0.4) is 0 Å². The second-order valence-corrected chi connectivity index (χ2v) is 6.71. The van der Waals surface area contributed by atoms with Crippen molar-refractivity contribution in [2.24, 2.45) is 0 Å². The maximum atomic E-state index is 4.68. The van der Waals surface area contributed by atoms with Crippen molar-refractivity contribution < 1.29 is 0 Å². The van der Waals surface area contributed by atoms with Crippen LogP contribution < -0.4 is 10.6 Å². The first-order valence-corrected chi connectivity index (χ1v) is 8.35. The van der Waals surface area contributed by atoms with Crippen molar-refractivity contribution in [2.45, 2.75) is 51.5 Å². The summed E-state index contributed by atoms with van der Waals surface area (Å²) in [5, 5.41) is 10.2. The molecule has 2 aromatic rings. The van der Waals surface area contributed by atoms with E-state index in [-0.39, 0.29) is 5.54 Å². The van der Waals surface area contributed by atoms with Crippen LogP contribution in [-0.2, 0) is 0 Å². The molecule has 2 N–H and O–H groups in total. The molecule has 2 heterocycles. The number of anilines is 2. The number of rotatable bonds is 4. The smallest absolute Gasteiger partial charge is 0.226 e. The van der Waals surface area contributed by atoms with Crippen LogP contribution in [-0.4, -0.2) is 22.1 Å². The van der Waals surface area contributed by atoms with Gasteiger partial charge < -0.3 is 10.6 Å². The molecule has 0 radical (unpaired) electrons. The molecule has 0 bridgehead atoms. The molecule has 1 fully saturated rings. The topological polar surface area (TPSA) is 49.8 Å². The highest BCUT2D eigenvalue weighted by atomic mass is 32.1. The molecule has 0 spiro atoms. The van der Waals surface area contributed by atoms with E-state index >= 15 is 0 Å². The van der Waals surface area contributed by atoms with E-state index < -0.39 is 0 Å². The zero-order valence-corrected chi connectivity index (χ0v) is 13.0. The summed E-state index contributed by atoms with van der Waals surface area (Å²) >= 11 is 1.67. The van der Waals surface area contributed by atoms with E-state index in [4.69, 9.17) is 0 Å². The van der Waals surface area contributed by atoms with Crippen molar-refractivity contribution >= 4 is 33.3 Å². The van der Waals surface area contributed by atoms with E-state index in [1.54, 1.807) is 11.3 Å². The Kier molecular flexibility index (Phi) is 3.78. The quantitative estimate of drug-likeness (QED) is 0.883. The molecule has 20 heavy (non-hydrogen) atoms. The maximum Gasteiger partial charge on any atom is 0.226 e. The van der Waals surface area contributed by atoms with Gasteiger partial charge in [0, 0.05) is 12.1 Å². The number of hydrogen-bond acceptors (Lipinski definition) is 5. The summed E-state index contributed by atoms with van der Waals surface area (Å²) in [6.45, 7) is 5.23. The normalized spacial score (nSPS) is 18.1. The molecule has 3 rings (SSSR count). The summed E-state index contributed by atoms with van der Waals surface area (Å²) in [7, 11) is 0. The Hall–Kier alpha value is -1.36. The minimum Gasteiger partial charge on any atom is -0.364 e. The highest BCUT2D eigenvalue weighted by molar-refractivity contribution is 7.16. The Bertz CT molecular complexity index is 587. The fourth-order valence-corrected chi connectivity index (χ4v) is 3.69. The van der Waals surface area contributed by atoms with Crippen molar-refractivity contribution in [1.29, 1.82) is 0 Å². The Balaban J connectivity index is 1.94. The molecule has 0 saturated heterocycles. The molecule has 0 amide bonds. The average molecular weight is 290 g/mol. The van der Waals surface area contributed by atoms with E-state index in [9.17, 15) is 0 Å². The van der Waals surface area contributed by atoms with Gasteiger partial charge in [-0.25, -0.2) is 4.98 Å². The SMILES string of the molecule is CCNc1nc(NC2(C)CCCCC2)c2ccsc2n1. The summed E-state index contributed by atoms with van der Waals surface area (Å²) in [6, 6.07) is 2.12. The fourth-order valence-electron chi connectivity index (χ4n) is 2.93. The standard InChI is InChI=1S/C15H22N4S/c1-3-16-14-17-12(11-7-10-20-13(11)18-14)19-15(2)8-5-4-6-9-15/h7,10H,3-6,8-9H2,1-2H3,(H2,16,17,18,19). The van der Waals surface area contributed by atoms with Gasteiger partial charge >= 0.3 is 0 Å². The summed E-state index contributed by atoms with van der Waals surface area (Å²) in [5.74, 6) is 1.71. The fraction of sp³-hybridized carbons (Fsp3) is 0.600. The van der Waals surface area contributed by atoms with Gasteiger partial charge in [0.1, 0.15) is 10.6 Å². The first-order chi connectivity index (χ1) is 9.70. The van der Waals surface area contributed by atoms with Crippen LogP contribution in [0.15, 0.2) is 11.4 Å². The summed E-state index contributed by atoms with van der Waals surface area (Å²) < 4.78 is 0. The number of aromatic nitrogens is 2. The average Bonchev–Trinajstić information content (AvgIpc) is 2.88. The van der Waals surface area contributed by atoms with Gasteiger partial charge in [-0.1, -0.05) is 19.3 Å². The molecule has 0 aliphatic heterocycles. The van der Waals surface area contributed by atoms with Gasteiger partial charge in [0.2, 0.25) is 5.95 Å². The number of nitrogens with zero attached hydrogens (tertiary/aromatic N) is 2. The maximum absolute atomic E-state index is 4.68. The van der Waals surface area contributed by atoms with Gasteiger partial charge in [0.15, 0.2) is 0 Å². The Morgan fingerprint density at radius 2 is 2.05 bits per heavy atom. The molecule has 2 aromatic heterocycles. The molecular weight excluding hydrogens is 268 g/mol. The lowest BCUT2D eigenvalue weighted by atomic mass is 9.83. The predicted octanol–water partition coefficient (Wildman–Crippen LogP) is 4.26. The molecule has 4 nitrogen and oxygen atoms in total. The monoisotopic (exact) mass is 290 g/mol. The molecule has 1 aliphatic rings. The lowest BCUT2D eigenvalue weighted by Crippen LogP contribution is -2.37. The van der Waals surface area contributed by atoms with Gasteiger partial charge in [0.25, 0.3) is 0 Å². The van der Waals surface area contributed by atoms with Crippen molar-refractivity contribution in [3.05, 3.63) is 11.4 Å². The van der Waals surface area contributed by atoms with Crippen LogP contribution in [0.4, 0.5) is 11.8 Å². The lowest BCUT2D eigenvalue weighted by Gasteiger charge is -2.35. The van der Waals surface area contributed by atoms with Crippen LogP contribution in [0.1, 0.15) is 46.0 Å². The van der Waals surface area contributed by atoms with Gasteiger partial charge in [0.05, 0.1) is 5.39 Å². The molecule has 108 valence electrons. The van der Waals surface area contributed by atoms with E-state index in [0.29, 0.717) is 0 Å². The molecule has 0 atom stereocenters. The van der Waals surface area contributed by atoms with E-state index in [1.807, 2.05) is 0 Å². The van der Waals surface area contributed by atoms with E-state index in [2.05, 4.69) is 45.9 Å². The Morgan fingerprint density at radius 3 is 2.80 bits per heavy atom. The van der Waals surface area contributed by atoms with Crippen molar-refractivity contribution in [1.82, 2.24) is 9.97 Å². The van der Waals surface area contributed by atoms with Crippen molar-refractivity contribution in [3.63, 3.8) is 0 Å². The molecule has 1 saturated carbocycles. The third kappa shape index (κ3) is 2.73.